The number of carbonyl (C=O) groups excluding carboxylic acids is 2. The van der Waals surface area contributed by atoms with Gasteiger partial charge in [0.15, 0.2) is 11.5 Å². The molecule has 0 atom stereocenters. The van der Waals surface area contributed by atoms with Gasteiger partial charge in [-0.25, -0.2) is 9.59 Å². The van der Waals surface area contributed by atoms with Crippen LogP contribution < -0.4 is 4.74 Å². The molecule has 0 aromatic heterocycles. The molecule has 0 fully saturated rings. The summed E-state index contributed by atoms with van der Waals surface area (Å²) in [5.74, 6) is -0.858. The quantitative estimate of drug-likeness (QED) is 0.300. The molecule has 0 saturated carbocycles. The molecule has 0 amide bonds. The number of ether oxygens (including phenoxy) is 3. The van der Waals surface area contributed by atoms with Crippen molar-refractivity contribution in [3.8, 4) is 11.5 Å². The number of phenolic OH excluding ortho intramolecular Hbond substituents is 1. The van der Waals surface area contributed by atoms with Crippen LogP contribution in [0.25, 0.3) is 0 Å². The highest BCUT2D eigenvalue weighted by molar-refractivity contribution is 6.38. The lowest BCUT2D eigenvalue weighted by atomic mass is 10.2. The third kappa shape index (κ3) is 8.51. The van der Waals surface area contributed by atoms with Crippen LogP contribution in [0, 0.1) is 0 Å². The molecule has 0 spiro atoms. The van der Waals surface area contributed by atoms with E-state index in [4.69, 9.17) is 60.6 Å². The minimum atomic E-state index is -0.517. The molecule has 10 heteroatoms. The number of hydrogen-bond donors (Lipinski definition) is 1. The lowest BCUT2D eigenvalue weighted by Gasteiger charge is -2.11. The molecular formula is C25H22Cl4O6. The van der Waals surface area contributed by atoms with Gasteiger partial charge in [-0.05, 0) is 43.7 Å². The molecule has 3 aromatic rings. The molecule has 0 heterocycles. The third-order valence-electron chi connectivity index (χ3n) is 4.26. The highest BCUT2D eigenvalue weighted by Gasteiger charge is 2.15. The first-order valence-corrected chi connectivity index (χ1v) is 11.9. The predicted octanol–water partition coefficient (Wildman–Crippen LogP) is 7.62. The summed E-state index contributed by atoms with van der Waals surface area (Å²) in [5, 5.41) is 9.84. The van der Waals surface area contributed by atoms with Crippen molar-refractivity contribution in [1.29, 1.82) is 0 Å². The number of halogens is 4. The van der Waals surface area contributed by atoms with Crippen LogP contribution in [0.2, 0.25) is 20.1 Å². The molecule has 6 nitrogen and oxygen atoms in total. The molecule has 0 radical (unpaired) electrons. The lowest BCUT2D eigenvalue weighted by molar-refractivity contribution is 0.0516. The van der Waals surface area contributed by atoms with Gasteiger partial charge in [0, 0.05) is 0 Å². The molecule has 186 valence electrons. The Balaban J connectivity index is 0.000000269. The topological polar surface area (TPSA) is 82.1 Å². The fourth-order valence-corrected chi connectivity index (χ4v) is 3.74. The van der Waals surface area contributed by atoms with E-state index in [-0.39, 0.29) is 38.0 Å². The van der Waals surface area contributed by atoms with Crippen LogP contribution in [0.4, 0.5) is 0 Å². The number of aromatic hydroxyl groups is 1. The number of hydrogen-bond acceptors (Lipinski definition) is 6. The molecular weight excluding hydrogens is 538 g/mol. The average Bonchev–Trinajstić information content (AvgIpc) is 2.83. The van der Waals surface area contributed by atoms with Gasteiger partial charge >= 0.3 is 11.9 Å². The molecule has 3 aromatic carbocycles. The molecule has 0 aliphatic rings. The number of benzene rings is 3. The Bertz CT molecular complexity index is 1120. The summed E-state index contributed by atoms with van der Waals surface area (Å²) in [6.45, 7) is 4.34. The minimum Gasteiger partial charge on any atom is -0.505 e. The molecule has 0 saturated heterocycles. The van der Waals surface area contributed by atoms with Gasteiger partial charge in [0.05, 0.1) is 44.4 Å². The van der Waals surface area contributed by atoms with E-state index in [1.807, 2.05) is 30.3 Å². The molecule has 35 heavy (non-hydrogen) atoms. The lowest BCUT2D eigenvalue weighted by Crippen LogP contribution is -2.05. The summed E-state index contributed by atoms with van der Waals surface area (Å²) < 4.78 is 15.3. The maximum Gasteiger partial charge on any atom is 0.338 e. The summed E-state index contributed by atoms with van der Waals surface area (Å²) in [7, 11) is 0. The first-order chi connectivity index (χ1) is 16.7. The van der Waals surface area contributed by atoms with E-state index in [1.54, 1.807) is 13.8 Å². The third-order valence-corrected chi connectivity index (χ3v) is 5.40. The average molecular weight is 560 g/mol. The normalized spacial score (nSPS) is 10.1. The monoisotopic (exact) mass is 558 g/mol. The number of phenols is 1. The van der Waals surface area contributed by atoms with Crippen molar-refractivity contribution in [1.82, 2.24) is 0 Å². The zero-order valence-electron chi connectivity index (χ0n) is 18.8. The highest BCUT2D eigenvalue weighted by Crippen LogP contribution is 2.35. The summed E-state index contributed by atoms with van der Waals surface area (Å²) in [6, 6.07) is 15.2. The summed E-state index contributed by atoms with van der Waals surface area (Å²) >= 11 is 23.5. The first-order valence-electron chi connectivity index (χ1n) is 10.4. The van der Waals surface area contributed by atoms with Gasteiger partial charge in [-0.15, -0.1) is 0 Å². The second kappa shape index (κ2) is 14.0. The Hall–Kier alpha value is -2.64. The largest absolute Gasteiger partial charge is 0.505 e. The van der Waals surface area contributed by atoms with Crippen LogP contribution in [0.15, 0.2) is 54.6 Å². The fourth-order valence-electron chi connectivity index (χ4n) is 2.66. The SMILES string of the molecule is CCOC(=O)c1cc(Cl)c(O)c(Cl)c1.CCOC(=O)c1cc(Cl)c(OCc2ccccc2)c(Cl)c1. The van der Waals surface area contributed by atoms with E-state index in [0.717, 1.165) is 5.56 Å². The van der Waals surface area contributed by atoms with Crippen LogP contribution in [-0.2, 0) is 16.1 Å². The molecule has 0 aliphatic heterocycles. The van der Waals surface area contributed by atoms with Crippen LogP contribution in [-0.4, -0.2) is 30.3 Å². The number of rotatable bonds is 7. The number of carbonyl (C=O) groups is 2. The van der Waals surface area contributed by atoms with E-state index >= 15 is 0 Å². The molecule has 1 N–H and O–H groups in total. The predicted molar refractivity (Wildman–Crippen MR) is 137 cm³/mol. The van der Waals surface area contributed by atoms with Crippen LogP contribution in [0.5, 0.6) is 11.5 Å². The van der Waals surface area contributed by atoms with Crippen molar-refractivity contribution in [3.05, 3.63) is 91.4 Å². The van der Waals surface area contributed by atoms with Gasteiger partial charge < -0.3 is 19.3 Å². The van der Waals surface area contributed by atoms with E-state index < -0.39 is 11.9 Å². The first kappa shape index (κ1) is 28.6. The van der Waals surface area contributed by atoms with Crippen LogP contribution in [0.1, 0.15) is 40.1 Å². The van der Waals surface area contributed by atoms with E-state index in [9.17, 15) is 14.7 Å². The standard InChI is InChI=1S/C16H14Cl2O3.C9H8Cl2O3/c1-2-20-16(19)12-8-13(17)15(14(18)9-12)21-10-11-6-4-3-5-7-11;1-2-14-9(13)5-3-6(10)8(12)7(11)4-5/h3-9H,2,10H2,1H3;3-4,12H,2H2,1H3. The van der Waals surface area contributed by atoms with Crippen molar-refractivity contribution >= 4 is 58.3 Å². The number of esters is 2. The summed E-state index contributed by atoms with van der Waals surface area (Å²) in [6.07, 6.45) is 0. The van der Waals surface area contributed by atoms with Crippen molar-refractivity contribution in [2.45, 2.75) is 20.5 Å². The maximum atomic E-state index is 11.7. The van der Waals surface area contributed by atoms with Gasteiger partial charge in [-0.3, -0.25) is 0 Å². The Morgan fingerprint density at radius 1 is 0.743 bits per heavy atom. The van der Waals surface area contributed by atoms with Crippen LogP contribution in [0.3, 0.4) is 0 Å². The second-order valence-corrected chi connectivity index (χ2v) is 8.40. The molecule has 0 unspecified atom stereocenters. The molecule has 3 rings (SSSR count). The zero-order chi connectivity index (χ0) is 26.0. The second-order valence-electron chi connectivity index (χ2n) is 6.77. The van der Waals surface area contributed by atoms with E-state index in [0.29, 0.717) is 24.5 Å². The van der Waals surface area contributed by atoms with Gasteiger partial charge in [0.25, 0.3) is 0 Å². The smallest absolute Gasteiger partial charge is 0.338 e. The van der Waals surface area contributed by atoms with Gasteiger partial charge in [0.1, 0.15) is 6.61 Å². The summed E-state index contributed by atoms with van der Waals surface area (Å²) in [4.78, 5) is 22.9. The van der Waals surface area contributed by atoms with Gasteiger partial charge in [-0.2, -0.15) is 0 Å². The Morgan fingerprint density at radius 3 is 1.60 bits per heavy atom. The molecule has 0 aliphatic carbocycles. The van der Waals surface area contributed by atoms with Crippen molar-refractivity contribution < 1.29 is 28.9 Å². The minimum absolute atomic E-state index is 0.0283. The van der Waals surface area contributed by atoms with E-state index in [1.165, 1.54) is 24.3 Å². The van der Waals surface area contributed by atoms with Gasteiger partial charge in [0.2, 0.25) is 0 Å². The Morgan fingerprint density at radius 2 is 1.17 bits per heavy atom. The van der Waals surface area contributed by atoms with Crippen molar-refractivity contribution in [2.24, 2.45) is 0 Å². The van der Waals surface area contributed by atoms with Gasteiger partial charge in [-0.1, -0.05) is 76.7 Å². The molecule has 0 bridgehead atoms. The highest BCUT2D eigenvalue weighted by atomic mass is 35.5. The van der Waals surface area contributed by atoms with Crippen molar-refractivity contribution in [3.63, 3.8) is 0 Å². The zero-order valence-corrected chi connectivity index (χ0v) is 21.8. The fraction of sp³-hybridized carbons (Fsp3) is 0.200. The Kier molecular flexibility index (Phi) is 11.5. The van der Waals surface area contributed by atoms with Crippen molar-refractivity contribution in [2.75, 3.05) is 13.2 Å². The summed E-state index contributed by atoms with van der Waals surface area (Å²) in [5.41, 5.74) is 1.53. The van der Waals surface area contributed by atoms with Crippen LogP contribution >= 0.6 is 46.4 Å². The van der Waals surface area contributed by atoms with E-state index in [2.05, 4.69) is 0 Å². The maximum absolute atomic E-state index is 11.7. The Labute approximate surface area is 223 Å².